The van der Waals surface area contributed by atoms with E-state index in [1.165, 1.54) is 14.3 Å². The Kier molecular flexibility index (Phi) is 3.17. The van der Waals surface area contributed by atoms with E-state index in [2.05, 4.69) is 39.4 Å². The van der Waals surface area contributed by atoms with Gasteiger partial charge in [0.15, 0.2) is 0 Å². The summed E-state index contributed by atoms with van der Waals surface area (Å²) in [6.45, 7) is 3.00. The Morgan fingerprint density at radius 1 is 1.50 bits per heavy atom. The number of fused-ring (bicyclic) bond motifs is 1. The molecular weight excluding hydrogens is 264 g/mol. The summed E-state index contributed by atoms with van der Waals surface area (Å²) >= 11 is 3.53. The van der Waals surface area contributed by atoms with Crippen LogP contribution in [0.4, 0.5) is 0 Å². The van der Waals surface area contributed by atoms with Crippen molar-refractivity contribution < 1.29 is 0 Å². The summed E-state index contributed by atoms with van der Waals surface area (Å²) in [5, 5.41) is 2.11. The molecule has 3 aromatic heterocycles. The lowest BCUT2D eigenvalue weighted by Crippen LogP contribution is -2.30. The highest BCUT2D eigenvalue weighted by Gasteiger charge is 2.20. The van der Waals surface area contributed by atoms with Crippen molar-refractivity contribution in [1.82, 2.24) is 15.0 Å². The fourth-order valence-corrected chi connectivity index (χ4v) is 4.24. The molecule has 1 unspecified atom stereocenters. The predicted molar refractivity (Wildman–Crippen MR) is 76.8 cm³/mol. The molecule has 3 heterocycles. The second-order valence-corrected chi connectivity index (χ2v) is 6.03. The Balaban J connectivity index is 2.04. The van der Waals surface area contributed by atoms with Gasteiger partial charge in [0.05, 0.1) is 0 Å². The molecule has 6 heteroatoms. The van der Waals surface area contributed by atoms with Crippen molar-refractivity contribution in [2.75, 3.05) is 0 Å². The third-order valence-electron chi connectivity index (χ3n) is 2.96. The van der Waals surface area contributed by atoms with E-state index in [9.17, 15) is 0 Å². The molecule has 1 atom stereocenters. The topological polar surface area (TPSA) is 55.9 Å². The minimum atomic E-state index is -0.0375. The molecule has 0 aromatic carbocycles. The molecule has 0 radical (unpaired) electrons. The van der Waals surface area contributed by atoms with Crippen molar-refractivity contribution in [1.29, 1.82) is 0 Å². The Bertz CT molecular complexity index is 623. The Morgan fingerprint density at radius 2 is 2.39 bits per heavy atom. The maximum atomic E-state index is 5.72. The van der Waals surface area contributed by atoms with Crippen molar-refractivity contribution in [2.45, 2.75) is 19.5 Å². The zero-order chi connectivity index (χ0) is 12.5. The minimum Gasteiger partial charge on any atom is -0.334 e. The summed E-state index contributed by atoms with van der Waals surface area (Å²) in [5.41, 5.74) is 2.88. The molecule has 0 aliphatic heterocycles. The molecule has 94 valence electrons. The van der Waals surface area contributed by atoms with Gasteiger partial charge >= 0.3 is 0 Å². The van der Waals surface area contributed by atoms with Crippen molar-refractivity contribution in [3.05, 3.63) is 40.6 Å². The normalized spacial score (nSPS) is 13.2. The Labute approximate surface area is 113 Å². The molecule has 18 heavy (non-hydrogen) atoms. The van der Waals surface area contributed by atoms with Crippen molar-refractivity contribution in [2.24, 2.45) is 5.84 Å². The first-order valence-electron chi connectivity index (χ1n) is 5.77. The molecule has 0 fully saturated rings. The zero-order valence-corrected chi connectivity index (χ0v) is 11.6. The number of thiophene rings is 2. The lowest BCUT2D eigenvalue weighted by Gasteiger charge is -2.15. The first-order chi connectivity index (χ1) is 8.83. The van der Waals surface area contributed by atoms with Gasteiger partial charge in [-0.3, -0.25) is 5.84 Å². The van der Waals surface area contributed by atoms with Crippen molar-refractivity contribution >= 4 is 32.1 Å². The number of nitrogens with zero attached hydrogens (tertiary/aromatic N) is 2. The van der Waals surface area contributed by atoms with Gasteiger partial charge in [-0.05, 0) is 24.4 Å². The van der Waals surface area contributed by atoms with Gasteiger partial charge in [0, 0.05) is 33.2 Å². The number of nitrogens with two attached hydrogens (primary N) is 1. The van der Waals surface area contributed by atoms with Crippen LogP contribution in [0.15, 0.2) is 29.9 Å². The van der Waals surface area contributed by atoms with Crippen LogP contribution < -0.4 is 11.3 Å². The molecule has 0 saturated carbocycles. The average Bonchev–Trinajstić information content (AvgIpc) is 3.03. The molecular formula is C12H14N4S2. The van der Waals surface area contributed by atoms with Gasteiger partial charge in [0.1, 0.15) is 11.9 Å². The second kappa shape index (κ2) is 4.81. The van der Waals surface area contributed by atoms with Crippen LogP contribution in [0, 0.1) is 0 Å². The number of hydrazine groups is 1. The largest absolute Gasteiger partial charge is 0.334 e. The SMILES string of the molecule is CCn1ccnc1C(NN)c1cc2sccc2s1. The van der Waals surface area contributed by atoms with Crippen LogP contribution >= 0.6 is 22.7 Å². The average molecular weight is 278 g/mol. The van der Waals surface area contributed by atoms with E-state index in [1.807, 2.05) is 12.4 Å². The monoisotopic (exact) mass is 278 g/mol. The molecule has 3 rings (SSSR count). The smallest absolute Gasteiger partial charge is 0.132 e. The first-order valence-corrected chi connectivity index (χ1v) is 7.47. The van der Waals surface area contributed by atoms with Crippen LogP contribution in [0.1, 0.15) is 23.7 Å². The molecule has 0 spiro atoms. The van der Waals surface area contributed by atoms with Gasteiger partial charge < -0.3 is 4.57 Å². The van der Waals surface area contributed by atoms with Gasteiger partial charge in [-0.2, -0.15) is 0 Å². The summed E-state index contributed by atoms with van der Waals surface area (Å²) < 4.78 is 4.73. The highest BCUT2D eigenvalue weighted by Crippen LogP contribution is 2.35. The molecule has 4 nitrogen and oxygen atoms in total. The van der Waals surface area contributed by atoms with Crippen LogP contribution in [0.2, 0.25) is 0 Å². The lowest BCUT2D eigenvalue weighted by molar-refractivity contribution is 0.568. The van der Waals surface area contributed by atoms with E-state index >= 15 is 0 Å². The second-order valence-electron chi connectivity index (χ2n) is 3.97. The maximum Gasteiger partial charge on any atom is 0.132 e. The number of rotatable bonds is 4. The van der Waals surface area contributed by atoms with Crippen molar-refractivity contribution in [3.63, 3.8) is 0 Å². The van der Waals surface area contributed by atoms with Gasteiger partial charge in [-0.1, -0.05) is 0 Å². The number of nitrogens with one attached hydrogen (secondary N) is 1. The molecule has 0 aliphatic carbocycles. The summed E-state index contributed by atoms with van der Waals surface area (Å²) in [4.78, 5) is 5.63. The summed E-state index contributed by atoms with van der Waals surface area (Å²) in [6.07, 6.45) is 3.80. The number of hydrogen-bond acceptors (Lipinski definition) is 5. The fourth-order valence-electron chi connectivity index (χ4n) is 2.06. The van der Waals surface area contributed by atoms with Crippen molar-refractivity contribution in [3.8, 4) is 0 Å². The summed E-state index contributed by atoms with van der Waals surface area (Å²) in [5.74, 6) is 6.68. The Hall–Kier alpha value is -1.21. The van der Waals surface area contributed by atoms with Gasteiger partial charge in [0.2, 0.25) is 0 Å². The number of hydrogen-bond donors (Lipinski definition) is 2. The summed E-state index contributed by atoms with van der Waals surface area (Å²) in [7, 11) is 0. The first kappa shape index (κ1) is 11.9. The molecule has 0 bridgehead atoms. The van der Waals surface area contributed by atoms with Crippen LogP contribution in [-0.2, 0) is 6.54 Å². The minimum absolute atomic E-state index is 0.0375. The molecule has 0 aliphatic rings. The quantitative estimate of drug-likeness (QED) is 0.570. The molecule has 0 saturated heterocycles. The van der Waals surface area contributed by atoms with Gasteiger partial charge in [-0.15, -0.1) is 22.7 Å². The Morgan fingerprint density at radius 3 is 3.11 bits per heavy atom. The van der Waals surface area contributed by atoms with E-state index < -0.39 is 0 Å². The number of aryl methyl sites for hydroxylation is 1. The summed E-state index contributed by atoms with van der Waals surface area (Å²) in [6, 6.07) is 4.31. The molecule has 3 aromatic rings. The van der Waals surface area contributed by atoms with E-state index in [0.29, 0.717) is 0 Å². The molecule has 3 N–H and O–H groups in total. The predicted octanol–water partition coefficient (Wildman–Crippen LogP) is 2.73. The van der Waals surface area contributed by atoms with Crippen LogP contribution in [0.3, 0.4) is 0 Å². The van der Waals surface area contributed by atoms with E-state index in [1.54, 1.807) is 22.7 Å². The zero-order valence-electron chi connectivity index (χ0n) is 9.96. The standard InChI is InChI=1S/C12H14N4S2/c1-2-16-5-4-14-12(16)11(15-13)10-7-9-8(18-10)3-6-17-9/h3-7,11,15H,2,13H2,1H3. The highest BCUT2D eigenvalue weighted by atomic mass is 32.1. The third kappa shape index (κ3) is 1.87. The molecule has 0 amide bonds. The third-order valence-corrected chi connectivity index (χ3v) is 5.11. The van der Waals surface area contributed by atoms with Crippen LogP contribution in [0.5, 0.6) is 0 Å². The van der Waals surface area contributed by atoms with E-state index in [0.717, 1.165) is 12.4 Å². The van der Waals surface area contributed by atoms with E-state index in [4.69, 9.17) is 5.84 Å². The number of aromatic nitrogens is 2. The van der Waals surface area contributed by atoms with E-state index in [-0.39, 0.29) is 6.04 Å². The fraction of sp³-hybridized carbons (Fsp3) is 0.250. The lowest BCUT2D eigenvalue weighted by atomic mass is 10.2. The van der Waals surface area contributed by atoms with Gasteiger partial charge in [-0.25, -0.2) is 10.4 Å². The van der Waals surface area contributed by atoms with Gasteiger partial charge in [0.25, 0.3) is 0 Å². The van der Waals surface area contributed by atoms with Crippen LogP contribution in [-0.4, -0.2) is 9.55 Å². The highest BCUT2D eigenvalue weighted by molar-refractivity contribution is 7.26. The van der Waals surface area contributed by atoms with Crippen LogP contribution in [0.25, 0.3) is 9.40 Å². The number of imidazole rings is 1. The maximum absolute atomic E-state index is 5.72.